The molecule has 24 heavy (non-hydrogen) atoms. The van der Waals surface area contributed by atoms with E-state index in [1.54, 1.807) is 0 Å². The van der Waals surface area contributed by atoms with Crippen LogP contribution in [-0.2, 0) is 6.42 Å². The molecule has 0 bridgehead atoms. The highest BCUT2D eigenvalue weighted by Crippen LogP contribution is 2.25. The fourth-order valence-corrected chi connectivity index (χ4v) is 2.97. The van der Waals surface area contributed by atoms with Crippen LogP contribution in [0.5, 0.6) is 0 Å². The van der Waals surface area contributed by atoms with Crippen molar-refractivity contribution in [1.82, 2.24) is 0 Å². The monoisotopic (exact) mass is 316 g/mol. The lowest BCUT2D eigenvalue weighted by Crippen LogP contribution is -1.88. The summed E-state index contributed by atoms with van der Waals surface area (Å²) in [7, 11) is 0. The van der Waals surface area contributed by atoms with Crippen molar-refractivity contribution < 1.29 is 5.11 Å². The fourth-order valence-electron chi connectivity index (χ4n) is 2.97. The van der Waals surface area contributed by atoms with Crippen molar-refractivity contribution in [2.24, 2.45) is 0 Å². The van der Waals surface area contributed by atoms with Gasteiger partial charge in [0.1, 0.15) is 0 Å². The molecule has 0 heterocycles. The zero-order chi connectivity index (χ0) is 16.6. The number of rotatable bonds is 7. The third-order valence-corrected chi connectivity index (χ3v) is 4.40. The Bertz CT molecular complexity index is 727. The van der Waals surface area contributed by atoms with Crippen LogP contribution in [-0.4, -0.2) is 11.7 Å². The van der Waals surface area contributed by atoms with Gasteiger partial charge in [0.25, 0.3) is 0 Å². The van der Waals surface area contributed by atoms with Crippen LogP contribution in [0.25, 0.3) is 22.3 Å². The van der Waals surface area contributed by atoms with Gasteiger partial charge >= 0.3 is 0 Å². The second-order valence-electron chi connectivity index (χ2n) is 6.17. The maximum atomic E-state index is 8.82. The van der Waals surface area contributed by atoms with E-state index in [1.807, 2.05) is 6.07 Å². The number of aryl methyl sites for hydroxylation is 1. The van der Waals surface area contributed by atoms with Gasteiger partial charge in [0.15, 0.2) is 0 Å². The van der Waals surface area contributed by atoms with Crippen LogP contribution in [0.15, 0.2) is 78.9 Å². The van der Waals surface area contributed by atoms with Crippen molar-refractivity contribution in [2.45, 2.75) is 25.7 Å². The van der Waals surface area contributed by atoms with Gasteiger partial charge in [0.05, 0.1) is 0 Å². The summed E-state index contributed by atoms with van der Waals surface area (Å²) < 4.78 is 0. The molecule has 3 aromatic carbocycles. The summed E-state index contributed by atoms with van der Waals surface area (Å²) in [6.45, 7) is 0.303. The van der Waals surface area contributed by atoms with Crippen molar-refractivity contribution >= 4 is 0 Å². The van der Waals surface area contributed by atoms with Gasteiger partial charge in [0.2, 0.25) is 0 Å². The molecule has 122 valence electrons. The highest BCUT2D eigenvalue weighted by atomic mass is 16.2. The zero-order valence-electron chi connectivity index (χ0n) is 14.0. The quantitative estimate of drug-likeness (QED) is 0.552. The molecule has 0 unspecified atom stereocenters. The maximum Gasteiger partial charge on any atom is 0.0431 e. The van der Waals surface area contributed by atoms with Gasteiger partial charge in [-0.15, -0.1) is 0 Å². The molecule has 1 heteroatoms. The van der Waals surface area contributed by atoms with Crippen LogP contribution in [0.2, 0.25) is 0 Å². The zero-order valence-corrected chi connectivity index (χ0v) is 14.0. The largest absolute Gasteiger partial charge is 0.396 e. The molecular weight excluding hydrogens is 292 g/mol. The van der Waals surface area contributed by atoms with E-state index in [0.717, 1.165) is 25.7 Å². The first kappa shape index (κ1) is 16.5. The minimum atomic E-state index is 0.303. The average Bonchev–Trinajstić information content (AvgIpc) is 2.67. The van der Waals surface area contributed by atoms with Crippen molar-refractivity contribution in [3.8, 4) is 22.3 Å². The molecular formula is C23H24O. The molecule has 0 fully saturated rings. The maximum absolute atomic E-state index is 8.82. The summed E-state index contributed by atoms with van der Waals surface area (Å²) in [5.74, 6) is 0. The second-order valence-corrected chi connectivity index (χ2v) is 6.17. The lowest BCUT2D eigenvalue weighted by molar-refractivity contribution is 0.283. The van der Waals surface area contributed by atoms with E-state index in [1.165, 1.54) is 27.8 Å². The van der Waals surface area contributed by atoms with Crippen molar-refractivity contribution in [1.29, 1.82) is 0 Å². The van der Waals surface area contributed by atoms with Gasteiger partial charge in [-0.1, -0.05) is 85.3 Å². The molecule has 0 saturated carbocycles. The van der Waals surface area contributed by atoms with Crippen molar-refractivity contribution in [3.05, 3.63) is 84.4 Å². The normalized spacial score (nSPS) is 10.7. The molecule has 0 radical (unpaired) electrons. The predicted octanol–water partition coefficient (Wildman–Crippen LogP) is 5.73. The third kappa shape index (κ3) is 4.33. The average molecular weight is 316 g/mol. The molecule has 1 nitrogen and oxygen atoms in total. The first-order valence-electron chi connectivity index (χ1n) is 8.72. The van der Waals surface area contributed by atoms with Crippen LogP contribution in [0, 0.1) is 0 Å². The molecule has 0 spiro atoms. The number of unbranched alkanes of at least 4 members (excludes halogenated alkanes) is 2. The molecule has 0 saturated heterocycles. The molecule has 0 amide bonds. The summed E-state index contributed by atoms with van der Waals surface area (Å²) in [6.07, 6.45) is 4.24. The number of aliphatic hydroxyl groups is 1. The Morgan fingerprint density at radius 2 is 1.00 bits per heavy atom. The third-order valence-electron chi connectivity index (χ3n) is 4.40. The Labute approximate surface area is 144 Å². The topological polar surface area (TPSA) is 20.2 Å². The van der Waals surface area contributed by atoms with Crippen LogP contribution in [0.4, 0.5) is 0 Å². The lowest BCUT2D eigenvalue weighted by Gasteiger charge is -2.07. The molecule has 3 rings (SSSR count). The van der Waals surface area contributed by atoms with E-state index in [4.69, 9.17) is 5.11 Å². The van der Waals surface area contributed by atoms with E-state index in [2.05, 4.69) is 72.8 Å². The predicted molar refractivity (Wildman–Crippen MR) is 102 cm³/mol. The molecule has 0 atom stereocenters. The Kier molecular flexibility index (Phi) is 5.81. The van der Waals surface area contributed by atoms with Crippen LogP contribution in [0.3, 0.4) is 0 Å². The van der Waals surface area contributed by atoms with E-state index in [-0.39, 0.29) is 0 Å². The van der Waals surface area contributed by atoms with Crippen molar-refractivity contribution in [2.75, 3.05) is 6.61 Å². The number of benzene rings is 3. The Morgan fingerprint density at radius 3 is 1.54 bits per heavy atom. The molecule has 0 aliphatic carbocycles. The summed E-state index contributed by atoms with van der Waals surface area (Å²) >= 11 is 0. The summed E-state index contributed by atoms with van der Waals surface area (Å²) in [4.78, 5) is 0. The van der Waals surface area contributed by atoms with E-state index in [9.17, 15) is 0 Å². The van der Waals surface area contributed by atoms with Gasteiger partial charge in [0, 0.05) is 6.61 Å². The van der Waals surface area contributed by atoms with Gasteiger partial charge in [-0.05, 0) is 47.1 Å². The number of aliphatic hydroxyl groups excluding tert-OH is 1. The van der Waals surface area contributed by atoms with E-state index < -0.39 is 0 Å². The minimum Gasteiger partial charge on any atom is -0.396 e. The molecule has 0 aliphatic rings. The fraction of sp³-hybridized carbons (Fsp3) is 0.217. The molecule has 0 aromatic heterocycles. The minimum absolute atomic E-state index is 0.303. The molecule has 3 aromatic rings. The smallest absolute Gasteiger partial charge is 0.0431 e. The van der Waals surface area contributed by atoms with Crippen LogP contribution >= 0.6 is 0 Å². The Balaban J connectivity index is 1.66. The molecule has 1 N–H and O–H groups in total. The van der Waals surface area contributed by atoms with E-state index >= 15 is 0 Å². The van der Waals surface area contributed by atoms with Gasteiger partial charge in [-0.2, -0.15) is 0 Å². The SMILES string of the molecule is OCCCCCc1ccc(-c2ccc(-c3ccccc3)cc2)cc1. The summed E-state index contributed by atoms with van der Waals surface area (Å²) in [6, 6.07) is 28.1. The number of hydrogen-bond donors (Lipinski definition) is 1. The summed E-state index contributed by atoms with van der Waals surface area (Å²) in [5.41, 5.74) is 6.38. The standard InChI is InChI=1S/C23H24O/c24-18-6-2-3-7-19-10-12-21(13-11-19)23-16-14-22(15-17-23)20-8-4-1-5-9-20/h1,4-5,8-17,24H,2-3,6-7,18H2. The Morgan fingerprint density at radius 1 is 0.500 bits per heavy atom. The van der Waals surface area contributed by atoms with Gasteiger partial charge in [-0.25, -0.2) is 0 Å². The highest BCUT2D eigenvalue weighted by Gasteiger charge is 2.01. The molecule has 0 aliphatic heterocycles. The van der Waals surface area contributed by atoms with Crippen LogP contribution < -0.4 is 0 Å². The Hall–Kier alpha value is -2.38. The lowest BCUT2D eigenvalue weighted by atomic mass is 9.98. The first-order chi connectivity index (χ1) is 11.9. The van der Waals surface area contributed by atoms with Crippen molar-refractivity contribution in [3.63, 3.8) is 0 Å². The van der Waals surface area contributed by atoms with Gasteiger partial charge < -0.3 is 5.11 Å². The van der Waals surface area contributed by atoms with E-state index in [0.29, 0.717) is 6.61 Å². The van der Waals surface area contributed by atoms with Gasteiger partial charge in [-0.3, -0.25) is 0 Å². The highest BCUT2D eigenvalue weighted by molar-refractivity contribution is 5.70. The number of hydrogen-bond acceptors (Lipinski definition) is 1. The summed E-state index contributed by atoms with van der Waals surface area (Å²) in [5, 5.41) is 8.82. The first-order valence-corrected chi connectivity index (χ1v) is 8.72. The second kappa shape index (κ2) is 8.47. The van der Waals surface area contributed by atoms with Crippen LogP contribution in [0.1, 0.15) is 24.8 Å².